The number of hydrogen-bond acceptors (Lipinski definition) is 6. The van der Waals surface area contributed by atoms with E-state index in [9.17, 15) is 4.79 Å². The number of aromatic nitrogens is 3. The van der Waals surface area contributed by atoms with E-state index in [4.69, 9.17) is 4.52 Å². The van der Waals surface area contributed by atoms with Gasteiger partial charge in [-0.1, -0.05) is 5.16 Å². The minimum absolute atomic E-state index is 0.0683. The second-order valence-electron chi connectivity index (χ2n) is 5.51. The van der Waals surface area contributed by atoms with E-state index < -0.39 is 0 Å². The molecule has 1 atom stereocenters. The zero-order chi connectivity index (χ0) is 15.5. The number of nitrogens with one attached hydrogen (secondary N) is 1. The smallest absolute Gasteiger partial charge is 0.257 e. The van der Waals surface area contributed by atoms with Crippen molar-refractivity contribution in [3.63, 3.8) is 0 Å². The summed E-state index contributed by atoms with van der Waals surface area (Å²) in [5.74, 6) is 1.13. The van der Waals surface area contributed by atoms with Crippen molar-refractivity contribution in [1.29, 1.82) is 0 Å². The lowest BCUT2D eigenvalue weighted by Gasteiger charge is -2.33. The van der Waals surface area contributed by atoms with Crippen molar-refractivity contribution in [1.82, 2.24) is 20.4 Å². The molecule has 22 heavy (non-hydrogen) atoms. The van der Waals surface area contributed by atoms with Gasteiger partial charge in [0.05, 0.1) is 5.69 Å². The zero-order valence-electron chi connectivity index (χ0n) is 12.7. The molecule has 0 unspecified atom stereocenters. The predicted molar refractivity (Wildman–Crippen MR) is 80.7 cm³/mol. The standard InChI is InChI=1S/C15H19N5O2/c1-10-13(11(2)22-19-10)14(21)18-12-5-3-8-20(9-12)15-16-6-4-7-17-15/h4,6-7,12H,3,5,8-9H2,1-2H3,(H,18,21)/t12-/m1/s1. The third kappa shape index (κ3) is 2.93. The first-order valence-electron chi connectivity index (χ1n) is 7.41. The molecular weight excluding hydrogens is 282 g/mol. The minimum atomic E-state index is -0.128. The summed E-state index contributed by atoms with van der Waals surface area (Å²) in [5, 5.41) is 6.89. The number of hydrogen-bond donors (Lipinski definition) is 1. The Morgan fingerprint density at radius 3 is 2.82 bits per heavy atom. The number of anilines is 1. The monoisotopic (exact) mass is 301 g/mol. The van der Waals surface area contributed by atoms with Gasteiger partial charge in [0.25, 0.3) is 5.91 Å². The van der Waals surface area contributed by atoms with E-state index in [1.807, 2.05) is 0 Å². The van der Waals surface area contributed by atoms with Gasteiger partial charge in [-0.2, -0.15) is 0 Å². The summed E-state index contributed by atoms with van der Waals surface area (Å²) in [6, 6.07) is 1.86. The molecule has 0 radical (unpaired) electrons. The first-order chi connectivity index (χ1) is 10.6. The number of nitrogens with zero attached hydrogens (tertiary/aromatic N) is 4. The van der Waals surface area contributed by atoms with Crippen LogP contribution in [0.15, 0.2) is 23.0 Å². The van der Waals surface area contributed by atoms with Crippen molar-refractivity contribution < 1.29 is 9.32 Å². The summed E-state index contributed by atoms with van der Waals surface area (Å²) in [6.45, 7) is 5.14. The van der Waals surface area contributed by atoms with Gasteiger partial charge in [-0.3, -0.25) is 4.79 Å². The van der Waals surface area contributed by atoms with Crippen LogP contribution < -0.4 is 10.2 Å². The fourth-order valence-corrected chi connectivity index (χ4v) is 2.80. The highest BCUT2D eigenvalue weighted by atomic mass is 16.5. The molecule has 1 aliphatic rings. The van der Waals surface area contributed by atoms with Crippen LogP contribution in [0.3, 0.4) is 0 Å². The maximum atomic E-state index is 12.4. The molecule has 1 amide bonds. The SMILES string of the molecule is Cc1noc(C)c1C(=O)N[C@@H]1CCCN(c2ncccn2)C1. The molecule has 0 spiro atoms. The molecule has 7 nitrogen and oxygen atoms in total. The molecule has 2 aromatic heterocycles. The van der Waals surface area contributed by atoms with E-state index >= 15 is 0 Å². The molecule has 1 fully saturated rings. The fourth-order valence-electron chi connectivity index (χ4n) is 2.80. The molecule has 1 saturated heterocycles. The summed E-state index contributed by atoms with van der Waals surface area (Å²) in [5.41, 5.74) is 1.15. The lowest BCUT2D eigenvalue weighted by Crippen LogP contribution is -2.48. The van der Waals surface area contributed by atoms with E-state index in [2.05, 4.69) is 25.3 Å². The summed E-state index contributed by atoms with van der Waals surface area (Å²) >= 11 is 0. The van der Waals surface area contributed by atoms with Crippen molar-refractivity contribution in [2.75, 3.05) is 18.0 Å². The Morgan fingerprint density at radius 2 is 2.14 bits per heavy atom. The molecule has 0 aromatic carbocycles. The first kappa shape index (κ1) is 14.5. The third-order valence-electron chi connectivity index (χ3n) is 3.85. The van der Waals surface area contributed by atoms with Crippen LogP contribution in [0.25, 0.3) is 0 Å². The van der Waals surface area contributed by atoms with Crippen molar-refractivity contribution in [3.05, 3.63) is 35.5 Å². The molecule has 3 rings (SSSR count). The molecule has 1 aliphatic heterocycles. The van der Waals surface area contributed by atoms with Crippen molar-refractivity contribution >= 4 is 11.9 Å². The highest BCUT2D eigenvalue weighted by Crippen LogP contribution is 2.17. The van der Waals surface area contributed by atoms with Gasteiger partial charge < -0.3 is 14.7 Å². The Balaban J connectivity index is 1.67. The number of amides is 1. The van der Waals surface area contributed by atoms with Crippen LogP contribution in [0, 0.1) is 13.8 Å². The van der Waals surface area contributed by atoms with E-state index in [0.717, 1.165) is 19.4 Å². The van der Waals surface area contributed by atoms with Crippen molar-refractivity contribution in [2.24, 2.45) is 0 Å². The Morgan fingerprint density at radius 1 is 1.36 bits per heavy atom. The quantitative estimate of drug-likeness (QED) is 0.924. The molecule has 116 valence electrons. The van der Waals surface area contributed by atoms with Gasteiger partial charge in [0.1, 0.15) is 11.3 Å². The average molecular weight is 301 g/mol. The number of carbonyl (C=O) groups is 1. The van der Waals surface area contributed by atoms with Gasteiger partial charge in [0.2, 0.25) is 5.95 Å². The largest absolute Gasteiger partial charge is 0.361 e. The Bertz CT molecular complexity index is 636. The summed E-state index contributed by atoms with van der Waals surface area (Å²) in [7, 11) is 0. The van der Waals surface area contributed by atoms with Gasteiger partial charge in [0.15, 0.2) is 0 Å². The predicted octanol–water partition coefficient (Wildman–Crippen LogP) is 1.48. The molecule has 3 heterocycles. The van der Waals surface area contributed by atoms with E-state index in [-0.39, 0.29) is 11.9 Å². The van der Waals surface area contributed by atoms with Crippen LogP contribution in [-0.2, 0) is 0 Å². The number of carbonyl (C=O) groups excluding carboxylic acids is 1. The highest BCUT2D eigenvalue weighted by molar-refractivity contribution is 5.96. The first-order valence-corrected chi connectivity index (χ1v) is 7.41. The van der Waals surface area contributed by atoms with Gasteiger partial charge >= 0.3 is 0 Å². The second kappa shape index (κ2) is 6.13. The van der Waals surface area contributed by atoms with Gasteiger partial charge in [-0.25, -0.2) is 9.97 Å². The number of rotatable bonds is 3. The van der Waals surface area contributed by atoms with Crippen LogP contribution in [0.1, 0.15) is 34.7 Å². The van der Waals surface area contributed by atoms with Gasteiger partial charge in [-0.05, 0) is 32.8 Å². The molecule has 2 aromatic rings. The van der Waals surface area contributed by atoms with Crippen molar-refractivity contribution in [2.45, 2.75) is 32.7 Å². The van der Waals surface area contributed by atoms with Crippen LogP contribution in [0.2, 0.25) is 0 Å². The fraction of sp³-hybridized carbons (Fsp3) is 0.467. The Kier molecular flexibility index (Phi) is 4.04. The Labute approximate surface area is 128 Å². The average Bonchev–Trinajstić information content (AvgIpc) is 2.87. The highest BCUT2D eigenvalue weighted by Gasteiger charge is 2.25. The maximum Gasteiger partial charge on any atom is 0.257 e. The lowest BCUT2D eigenvalue weighted by molar-refractivity contribution is 0.0931. The minimum Gasteiger partial charge on any atom is -0.361 e. The second-order valence-corrected chi connectivity index (χ2v) is 5.51. The van der Waals surface area contributed by atoms with Crippen LogP contribution in [0.5, 0.6) is 0 Å². The topological polar surface area (TPSA) is 84.2 Å². The van der Waals surface area contributed by atoms with Crippen molar-refractivity contribution in [3.8, 4) is 0 Å². The van der Waals surface area contributed by atoms with Crippen LogP contribution >= 0.6 is 0 Å². The third-order valence-corrected chi connectivity index (χ3v) is 3.85. The normalized spacial score (nSPS) is 18.3. The van der Waals surface area contributed by atoms with E-state index in [0.29, 0.717) is 29.5 Å². The van der Waals surface area contributed by atoms with E-state index in [1.165, 1.54) is 0 Å². The number of aryl methyl sites for hydroxylation is 2. The zero-order valence-corrected chi connectivity index (χ0v) is 12.7. The van der Waals surface area contributed by atoms with Crippen LogP contribution in [-0.4, -0.2) is 40.2 Å². The summed E-state index contributed by atoms with van der Waals surface area (Å²) in [6.07, 6.45) is 5.39. The molecule has 0 aliphatic carbocycles. The number of piperidine rings is 1. The molecule has 1 N–H and O–H groups in total. The molecule has 0 bridgehead atoms. The molecule has 0 saturated carbocycles. The summed E-state index contributed by atoms with van der Waals surface area (Å²) in [4.78, 5) is 23.0. The van der Waals surface area contributed by atoms with Gasteiger partial charge in [0, 0.05) is 31.5 Å². The van der Waals surface area contributed by atoms with E-state index in [1.54, 1.807) is 32.3 Å². The molecule has 7 heteroatoms. The van der Waals surface area contributed by atoms with Crippen LogP contribution in [0.4, 0.5) is 5.95 Å². The molecular formula is C15H19N5O2. The summed E-state index contributed by atoms with van der Waals surface area (Å²) < 4.78 is 5.05. The maximum absolute atomic E-state index is 12.4. The lowest BCUT2D eigenvalue weighted by atomic mass is 10.1. The van der Waals surface area contributed by atoms with Gasteiger partial charge in [-0.15, -0.1) is 0 Å². The Hall–Kier alpha value is -2.44.